The molecule has 70 valence electrons. The molecule has 4 nitrogen and oxygen atoms in total. The van der Waals surface area contributed by atoms with Crippen molar-refractivity contribution < 1.29 is 9.53 Å². The van der Waals surface area contributed by atoms with Gasteiger partial charge in [-0.05, 0) is 12.5 Å². The molecule has 0 radical (unpaired) electrons. The van der Waals surface area contributed by atoms with Gasteiger partial charge in [0.2, 0.25) is 5.56 Å². The zero-order chi connectivity index (χ0) is 9.68. The van der Waals surface area contributed by atoms with Crippen molar-refractivity contribution in [3.8, 4) is 0 Å². The molecule has 0 bridgehead atoms. The van der Waals surface area contributed by atoms with Crippen molar-refractivity contribution in [2.24, 2.45) is 0 Å². The number of hydrogen-bond acceptors (Lipinski definition) is 3. The van der Waals surface area contributed by atoms with Crippen LogP contribution in [0.2, 0.25) is 0 Å². The molecule has 0 unspecified atom stereocenters. The van der Waals surface area contributed by atoms with Gasteiger partial charge in [0.05, 0.1) is 12.2 Å². The van der Waals surface area contributed by atoms with E-state index in [4.69, 9.17) is 4.74 Å². The largest absolute Gasteiger partial charge is 0.462 e. The summed E-state index contributed by atoms with van der Waals surface area (Å²) in [4.78, 5) is 24.4. The van der Waals surface area contributed by atoms with E-state index in [-0.39, 0.29) is 11.1 Å². The normalized spacial score (nSPS) is 9.62. The molecular weight excluding hydrogens is 170 g/mol. The second-order valence-electron chi connectivity index (χ2n) is 2.58. The van der Waals surface area contributed by atoms with Crippen LogP contribution in [0.1, 0.15) is 23.7 Å². The Morgan fingerprint density at radius 2 is 2.38 bits per heavy atom. The first-order valence-electron chi connectivity index (χ1n) is 4.10. The van der Waals surface area contributed by atoms with Gasteiger partial charge in [-0.3, -0.25) is 4.79 Å². The Bertz CT molecular complexity index is 343. The number of rotatable bonds is 3. The van der Waals surface area contributed by atoms with Gasteiger partial charge < -0.3 is 9.72 Å². The van der Waals surface area contributed by atoms with E-state index in [1.165, 1.54) is 18.3 Å². The molecule has 0 atom stereocenters. The monoisotopic (exact) mass is 181 g/mol. The average Bonchev–Trinajstić information content (AvgIpc) is 2.14. The van der Waals surface area contributed by atoms with Gasteiger partial charge in [-0.15, -0.1) is 0 Å². The number of aromatic amines is 1. The van der Waals surface area contributed by atoms with E-state index in [1.807, 2.05) is 6.92 Å². The molecule has 0 aromatic carbocycles. The Morgan fingerprint density at radius 1 is 1.62 bits per heavy atom. The minimum absolute atomic E-state index is 0.289. The summed E-state index contributed by atoms with van der Waals surface area (Å²) in [6.45, 7) is 2.29. The number of H-pyrrole nitrogens is 1. The maximum atomic E-state index is 11.2. The Hall–Kier alpha value is -1.58. The molecule has 13 heavy (non-hydrogen) atoms. The van der Waals surface area contributed by atoms with E-state index in [1.54, 1.807) is 0 Å². The molecule has 0 aliphatic carbocycles. The van der Waals surface area contributed by atoms with Crippen LogP contribution < -0.4 is 5.56 Å². The Labute approximate surface area is 75.5 Å². The number of aromatic nitrogens is 1. The Balaban J connectivity index is 2.71. The van der Waals surface area contributed by atoms with Crippen LogP contribution in [0.3, 0.4) is 0 Å². The fraction of sp³-hybridized carbons (Fsp3) is 0.333. The van der Waals surface area contributed by atoms with Gasteiger partial charge >= 0.3 is 5.97 Å². The van der Waals surface area contributed by atoms with Crippen molar-refractivity contribution in [1.29, 1.82) is 0 Å². The number of hydrogen-bond donors (Lipinski definition) is 1. The molecule has 0 aliphatic heterocycles. The SMILES string of the molecule is CCCOC(=O)c1cc[nH]c(=O)c1. The molecule has 0 spiro atoms. The van der Waals surface area contributed by atoms with Gasteiger partial charge in [0.15, 0.2) is 0 Å². The van der Waals surface area contributed by atoms with Crippen LogP contribution in [0.15, 0.2) is 23.1 Å². The van der Waals surface area contributed by atoms with Crippen LogP contribution in [0.25, 0.3) is 0 Å². The van der Waals surface area contributed by atoms with E-state index in [0.29, 0.717) is 6.61 Å². The van der Waals surface area contributed by atoms with Crippen LogP contribution in [0.5, 0.6) is 0 Å². The third kappa shape index (κ3) is 2.74. The van der Waals surface area contributed by atoms with Crippen molar-refractivity contribution in [1.82, 2.24) is 4.98 Å². The summed E-state index contributed by atoms with van der Waals surface area (Å²) in [6, 6.07) is 2.73. The van der Waals surface area contributed by atoms with E-state index < -0.39 is 5.97 Å². The number of carbonyl (C=O) groups is 1. The Morgan fingerprint density at radius 3 is 3.00 bits per heavy atom. The van der Waals surface area contributed by atoms with E-state index >= 15 is 0 Å². The van der Waals surface area contributed by atoms with Crippen LogP contribution in [0.4, 0.5) is 0 Å². The predicted molar refractivity (Wildman–Crippen MR) is 47.6 cm³/mol. The number of pyridine rings is 1. The minimum Gasteiger partial charge on any atom is -0.462 e. The summed E-state index contributed by atoms with van der Waals surface area (Å²) < 4.78 is 4.84. The van der Waals surface area contributed by atoms with E-state index in [9.17, 15) is 9.59 Å². The second kappa shape index (κ2) is 4.45. The van der Waals surface area contributed by atoms with Crippen molar-refractivity contribution in [2.45, 2.75) is 13.3 Å². The van der Waals surface area contributed by atoms with Gasteiger partial charge in [0.25, 0.3) is 0 Å². The zero-order valence-electron chi connectivity index (χ0n) is 7.37. The molecule has 1 rings (SSSR count). The summed E-state index contributed by atoms with van der Waals surface area (Å²) in [6.07, 6.45) is 2.19. The lowest BCUT2D eigenvalue weighted by Gasteiger charge is -2.01. The molecule has 1 aromatic rings. The summed E-state index contributed by atoms with van der Waals surface area (Å²) in [5, 5.41) is 0. The van der Waals surface area contributed by atoms with Crippen LogP contribution in [-0.2, 0) is 4.74 Å². The van der Waals surface area contributed by atoms with Gasteiger partial charge in [0, 0.05) is 12.3 Å². The highest BCUT2D eigenvalue weighted by molar-refractivity contribution is 5.89. The smallest absolute Gasteiger partial charge is 0.338 e. The first kappa shape index (κ1) is 9.51. The van der Waals surface area contributed by atoms with Crippen LogP contribution in [-0.4, -0.2) is 17.6 Å². The molecule has 0 amide bonds. The van der Waals surface area contributed by atoms with Crippen LogP contribution in [0, 0.1) is 0 Å². The maximum absolute atomic E-state index is 11.2. The van der Waals surface area contributed by atoms with Gasteiger partial charge in [0.1, 0.15) is 0 Å². The van der Waals surface area contributed by atoms with Crippen molar-refractivity contribution in [3.63, 3.8) is 0 Å². The second-order valence-corrected chi connectivity index (χ2v) is 2.58. The third-order valence-corrected chi connectivity index (χ3v) is 1.45. The average molecular weight is 181 g/mol. The first-order valence-corrected chi connectivity index (χ1v) is 4.10. The number of ether oxygens (including phenoxy) is 1. The van der Waals surface area contributed by atoms with E-state index in [2.05, 4.69) is 4.98 Å². The number of esters is 1. The summed E-state index contributed by atoms with van der Waals surface area (Å²) in [5.41, 5.74) is -0.0110. The van der Waals surface area contributed by atoms with Gasteiger partial charge in [-0.2, -0.15) is 0 Å². The summed E-state index contributed by atoms with van der Waals surface area (Å²) in [5.74, 6) is -0.451. The van der Waals surface area contributed by atoms with Crippen molar-refractivity contribution in [2.75, 3.05) is 6.61 Å². The lowest BCUT2D eigenvalue weighted by atomic mass is 10.3. The highest BCUT2D eigenvalue weighted by Crippen LogP contribution is 1.97. The van der Waals surface area contributed by atoms with Crippen LogP contribution >= 0.6 is 0 Å². The standard InChI is InChI=1S/C9H11NO3/c1-2-5-13-9(12)7-3-4-10-8(11)6-7/h3-4,6H,2,5H2,1H3,(H,10,11). The van der Waals surface area contributed by atoms with E-state index in [0.717, 1.165) is 6.42 Å². The van der Waals surface area contributed by atoms with Crippen molar-refractivity contribution in [3.05, 3.63) is 34.2 Å². The molecule has 0 aliphatic rings. The fourth-order valence-corrected chi connectivity index (χ4v) is 0.850. The lowest BCUT2D eigenvalue weighted by molar-refractivity contribution is 0.0505. The topological polar surface area (TPSA) is 59.2 Å². The highest BCUT2D eigenvalue weighted by Gasteiger charge is 2.05. The fourth-order valence-electron chi connectivity index (χ4n) is 0.850. The molecule has 1 N–H and O–H groups in total. The predicted octanol–water partition coefficient (Wildman–Crippen LogP) is 0.942. The molecule has 1 heterocycles. The third-order valence-electron chi connectivity index (χ3n) is 1.45. The Kier molecular flexibility index (Phi) is 3.25. The van der Waals surface area contributed by atoms with Crippen molar-refractivity contribution >= 4 is 5.97 Å². The zero-order valence-corrected chi connectivity index (χ0v) is 7.37. The molecular formula is C9H11NO3. The molecule has 0 saturated heterocycles. The van der Waals surface area contributed by atoms with Gasteiger partial charge in [-0.25, -0.2) is 4.79 Å². The molecule has 4 heteroatoms. The van der Waals surface area contributed by atoms with Gasteiger partial charge in [-0.1, -0.05) is 6.92 Å². The molecule has 1 aromatic heterocycles. The number of nitrogens with one attached hydrogen (secondary N) is 1. The molecule has 0 saturated carbocycles. The summed E-state index contributed by atoms with van der Waals surface area (Å²) in [7, 11) is 0. The lowest BCUT2D eigenvalue weighted by Crippen LogP contribution is -2.11. The minimum atomic E-state index is -0.451. The molecule has 0 fully saturated rings. The maximum Gasteiger partial charge on any atom is 0.338 e. The first-order chi connectivity index (χ1) is 6.24. The summed E-state index contributed by atoms with van der Waals surface area (Å²) >= 11 is 0. The number of carbonyl (C=O) groups excluding carboxylic acids is 1. The quantitative estimate of drug-likeness (QED) is 0.706. The highest BCUT2D eigenvalue weighted by atomic mass is 16.5.